The molecule has 0 aromatic heterocycles. The average molecular weight is 294 g/mol. The lowest BCUT2D eigenvalue weighted by Gasteiger charge is -2.24. The molecule has 116 valence electrons. The number of rotatable bonds is 13. The van der Waals surface area contributed by atoms with Crippen LogP contribution < -0.4 is 0 Å². The van der Waals surface area contributed by atoms with Gasteiger partial charge >= 0.3 is 8.60 Å². The van der Waals surface area contributed by atoms with Crippen LogP contribution in [0, 0.1) is 0 Å². The molecule has 5 heteroatoms. The van der Waals surface area contributed by atoms with Crippen LogP contribution in [0.4, 0.5) is 0 Å². The van der Waals surface area contributed by atoms with Crippen LogP contribution >= 0.6 is 8.60 Å². The van der Waals surface area contributed by atoms with Crippen molar-refractivity contribution in [2.75, 3.05) is 48.0 Å². The summed E-state index contributed by atoms with van der Waals surface area (Å²) < 4.78 is 17.4. The second-order valence-electron chi connectivity index (χ2n) is 5.85. The number of hydrogen-bond donors (Lipinski definition) is 0. The minimum atomic E-state index is -1.15. The molecule has 0 aliphatic carbocycles. The predicted octanol–water partition coefficient (Wildman–Crippen LogP) is 3.96. The minimum absolute atomic E-state index is 0.680. The third-order valence-electron chi connectivity index (χ3n) is 2.80. The third-order valence-corrected chi connectivity index (χ3v) is 3.89. The summed E-state index contributed by atoms with van der Waals surface area (Å²) >= 11 is 0. The van der Waals surface area contributed by atoms with Crippen LogP contribution in [0.2, 0.25) is 0 Å². The standard InChI is InChI=1S/C14H33NO3P/c1-6-7-8-9-10-11-13-17-19(16-5)18-14-12-15(2,3)4/h6-14H2,1-5H3/q+1. The number of quaternary nitrogens is 1. The van der Waals surface area contributed by atoms with Gasteiger partial charge in [0.1, 0.15) is 13.2 Å². The molecule has 1 unspecified atom stereocenters. The molecule has 0 rings (SSSR count). The van der Waals surface area contributed by atoms with E-state index in [4.69, 9.17) is 13.6 Å². The van der Waals surface area contributed by atoms with Gasteiger partial charge in [-0.05, 0) is 6.42 Å². The van der Waals surface area contributed by atoms with Gasteiger partial charge in [0.15, 0.2) is 0 Å². The molecular formula is C14H33NO3P+. The largest absolute Gasteiger partial charge is 0.332 e. The van der Waals surface area contributed by atoms with Crippen molar-refractivity contribution in [3.63, 3.8) is 0 Å². The fraction of sp³-hybridized carbons (Fsp3) is 1.00. The van der Waals surface area contributed by atoms with Crippen LogP contribution in [0.15, 0.2) is 0 Å². The van der Waals surface area contributed by atoms with Gasteiger partial charge in [-0.2, -0.15) is 0 Å². The van der Waals surface area contributed by atoms with Crippen molar-refractivity contribution in [1.29, 1.82) is 0 Å². The molecule has 0 aliphatic rings. The summed E-state index contributed by atoms with van der Waals surface area (Å²) in [6.45, 7) is 4.63. The van der Waals surface area contributed by atoms with E-state index in [0.717, 1.165) is 24.1 Å². The van der Waals surface area contributed by atoms with Gasteiger partial charge in [-0.25, -0.2) is 0 Å². The molecule has 4 nitrogen and oxygen atoms in total. The van der Waals surface area contributed by atoms with Crippen LogP contribution in [-0.4, -0.2) is 52.5 Å². The van der Waals surface area contributed by atoms with Crippen molar-refractivity contribution < 1.29 is 18.1 Å². The van der Waals surface area contributed by atoms with E-state index in [1.807, 2.05) is 0 Å². The maximum absolute atomic E-state index is 5.63. The van der Waals surface area contributed by atoms with E-state index in [-0.39, 0.29) is 0 Å². The van der Waals surface area contributed by atoms with E-state index in [2.05, 4.69) is 28.1 Å². The molecule has 0 aromatic carbocycles. The molecular weight excluding hydrogens is 261 g/mol. The molecule has 19 heavy (non-hydrogen) atoms. The normalized spacial score (nSPS) is 13.7. The molecule has 0 N–H and O–H groups in total. The molecule has 0 aromatic rings. The minimum Gasteiger partial charge on any atom is -0.329 e. The zero-order valence-corrected chi connectivity index (χ0v) is 14.4. The Balaban J connectivity index is 3.44. The molecule has 1 atom stereocenters. The van der Waals surface area contributed by atoms with Gasteiger partial charge in [-0.1, -0.05) is 39.0 Å². The number of likely N-dealkylation sites (N-methyl/N-ethyl adjacent to an activating group) is 1. The first-order chi connectivity index (χ1) is 8.99. The smallest absolute Gasteiger partial charge is 0.329 e. The van der Waals surface area contributed by atoms with Crippen LogP contribution in [0.3, 0.4) is 0 Å². The Kier molecular flexibility index (Phi) is 12.2. The number of unbranched alkanes of at least 4 members (excludes halogenated alkanes) is 5. The van der Waals surface area contributed by atoms with E-state index < -0.39 is 8.60 Å². The number of hydrogen-bond acceptors (Lipinski definition) is 3. The zero-order valence-electron chi connectivity index (χ0n) is 13.5. The van der Waals surface area contributed by atoms with Crippen molar-refractivity contribution in [1.82, 2.24) is 0 Å². The quantitative estimate of drug-likeness (QED) is 0.292. The highest BCUT2D eigenvalue weighted by Crippen LogP contribution is 2.38. The molecule has 0 radical (unpaired) electrons. The van der Waals surface area contributed by atoms with Gasteiger partial charge in [0.05, 0.1) is 27.7 Å². The summed E-state index contributed by atoms with van der Waals surface area (Å²) in [7, 11) is 6.95. The zero-order chi connectivity index (χ0) is 14.6. The Morgan fingerprint density at radius 2 is 1.42 bits per heavy atom. The first-order valence-corrected chi connectivity index (χ1v) is 8.49. The van der Waals surface area contributed by atoms with Gasteiger partial charge < -0.3 is 18.1 Å². The monoisotopic (exact) mass is 294 g/mol. The summed E-state index contributed by atoms with van der Waals surface area (Å²) in [5.74, 6) is 0. The fourth-order valence-electron chi connectivity index (χ4n) is 1.55. The lowest BCUT2D eigenvalue weighted by Crippen LogP contribution is -2.37. The maximum Gasteiger partial charge on any atom is 0.332 e. The summed E-state index contributed by atoms with van der Waals surface area (Å²) in [6.07, 6.45) is 7.64. The molecule has 0 amide bonds. The van der Waals surface area contributed by atoms with Crippen molar-refractivity contribution >= 4 is 8.60 Å². The summed E-state index contributed by atoms with van der Waals surface area (Å²) in [5.41, 5.74) is 0. The Morgan fingerprint density at radius 3 is 2.00 bits per heavy atom. The van der Waals surface area contributed by atoms with Gasteiger partial charge in [0.2, 0.25) is 0 Å². The van der Waals surface area contributed by atoms with Gasteiger partial charge in [-0.3, -0.25) is 0 Å². The topological polar surface area (TPSA) is 27.7 Å². The Hall–Kier alpha value is 0.270. The molecule has 0 fully saturated rings. The van der Waals surface area contributed by atoms with E-state index in [1.165, 1.54) is 32.1 Å². The SMILES string of the molecule is CCCCCCCCOP(OC)OCC[N+](C)(C)C. The van der Waals surface area contributed by atoms with Crippen molar-refractivity contribution in [2.45, 2.75) is 45.4 Å². The fourth-order valence-corrected chi connectivity index (χ4v) is 2.35. The molecule has 0 aliphatic heterocycles. The first kappa shape index (κ1) is 19.3. The summed E-state index contributed by atoms with van der Waals surface area (Å²) in [6, 6.07) is 0. The maximum atomic E-state index is 5.63. The van der Waals surface area contributed by atoms with Crippen molar-refractivity contribution in [3.8, 4) is 0 Å². The second kappa shape index (κ2) is 12.0. The van der Waals surface area contributed by atoms with E-state index in [9.17, 15) is 0 Å². The molecule has 0 saturated heterocycles. The van der Waals surface area contributed by atoms with E-state index in [1.54, 1.807) is 7.11 Å². The number of nitrogens with zero attached hydrogens (tertiary/aromatic N) is 1. The van der Waals surface area contributed by atoms with E-state index in [0.29, 0.717) is 6.61 Å². The highest BCUT2D eigenvalue weighted by atomic mass is 31.2. The highest BCUT2D eigenvalue weighted by molar-refractivity contribution is 7.41. The molecule has 0 heterocycles. The first-order valence-electron chi connectivity index (χ1n) is 7.40. The van der Waals surface area contributed by atoms with Crippen LogP contribution in [0.1, 0.15) is 45.4 Å². The van der Waals surface area contributed by atoms with Gasteiger partial charge in [0, 0.05) is 7.11 Å². The predicted molar refractivity (Wildman–Crippen MR) is 82.1 cm³/mol. The van der Waals surface area contributed by atoms with Crippen LogP contribution in [-0.2, 0) is 13.6 Å². The van der Waals surface area contributed by atoms with Gasteiger partial charge in [0.25, 0.3) is 0 Å². The van der Waals surface area contributed by atoms with Crippen LogP contribution in [0.5, 0.6) is 0 Å². The second-order valence-corrected chi connectivity index (χ2v) is 7.18. The molecule has 0 spiro atoms. The van der Waals surface area contributed by atoms with Crippen molar-refractivity contribution in [3.05, 3.63) is 0 Å². The lowest BCUT2D eigenvalue weighted by molar-refractivity contribution is -0.870. The average Bonchev–Trinajstić information content (AvgIpc) is 2.34. The Morgan fingerprint density at radius 1 is 0.842 bits per heavy atom. The van der Waals surface area contributed by atoms with Crippen molar-refractivity contribution in [2.24, 2.45) is 0 Å². The Bertz CT molecular complexity index is 198. The lowest BCUT2D eigenvalue weighted by atomic mass is 10.1. The molecule has 0 saturated carbocycles. The highest BCUT2D eigenvalue weighted by Gasteiger charge is 2.13. The van der Waals surface area contributed by atoms with Gasteiger partial charge in [-0.15, -0.1) is 0 Å². The third kappa shape index (κ3) is 14.5. The molecule has 0 bridgehead atoms. The van der Waals surface area contributed by atoms with Crippen LogP contribution in [0.25, 0.3) is 0 Å². The van der Waals surface area contributed by atoms with E-state index >= 15 is 0 Å². The summed E-state index contributed by atoms with van der Waals surface area (Å²) in [5, 5.41) is 0. The summed E-state index contributed by atoms with van der Waals surface area (Å²) in [4.78, 5) is 0. The Labute approximate surface area is 121 Å².